The van der Waals surface area contributed by atoms with E-state index in [2.05, 4.69) is 21.3 Å². The van der Waals surface area contributed by atoms with Gasteiger partial charge in [-0.1, -0.05) is 95.2 Å². The highest BCUT2D eigenvalue weighted by atomic mass is 16.6. The van der Waals surface area contributed by atoms with Gasteiger partial charge in [-0.2, -0.15) is 0 Å². The standard InChI is InChI=1S/C68H122N12O15/c1-24-26-29-45(13)58(82)57-62(86)71-49(25-2)64(88)73(17)39-53(81)77(21)56(48(16)95-33-28-27-30-80(93)31-34-94-35-32-80)61(85)72-54(43(9)10)67(91)74(18)50(36-40(3)4)60(84)69-46(14)59(83)70-47(15)63(87)75(19)51(37-41(5)6)65(89)76(20)52(38-42(7)8)66(90)78(22)55(44(11)12)68(92)79(57)23/h24,26,40-52,54-58,82H,25,27-39H2,1-23H3,(H,69,84)(H,70,83)(H,71,86)(H,72,85)/t45-,46+,47-,48-,49+,50+,51+,52+,54+,55+,56+,57+,58-/m1/s1. The smallest absolute Gasteiger partial charge is 0.246 e. The minimum absolute atomic E-state index is 0.0211. The number of quaternary nitrogens is 1. The fraction of sp³-hybridized carbons (Fsp3) is 0.809. The monoisotopic (exact) mass is 1350 g/mol. The first-order valence-electron chi connectivity index (χ1n) is 34.2. The van der Waals surface area contributed by atoms with Crippen molar-refractivity contribution in [3.8, 4) is 0 Å². The molecule has 0 aromatic rings. The van der Waals surface area contributed by atoms with Gasteiger partial charge in [-0.3, -0.25) is 52.7 Å². The van der Waals surface area contributed by atoms with Crippen molar-refractivity contribution in [2.45, 2.75) is 228 Å². The molecule has 5 N–H and O–H groups in total. The number of aliphatic hydroxyl groups is 1. The predicted molar refractivity (Wildman–Crippen MR) is 363 cm³/mol. The lowest BCUT2D eigenvalue weighted by Crippen LogP contribution is -2.63. The Kier molecular flexibility index (Phi) is 35.0. The molecule has 0 bridgehead atoms. The second-order valence-electron chi connectivity index (χ2n) is 28.5. The zero-order chi connectivity index (χ0) is 72.8. The number of unbranched alkanes of at least 4 members (excludes halogenated alkanes) is 1. The molecule has 2 aliphatic rings. The van der Waals surface area contributed by atoms with Crippen molar-refractivity contribution in [2.24, 2.45) is 35.5 Å². The van der Waals surface area contributed by atoms with Gasteiger partial charge in [0, 0.05) is 55.9 Å². The molecular weight excluding hydrogens is 1220 g/mol. The van der Waals surface area contributed by atoms with Crippen LogP contribution in [0.3, 0.4) is 0 Å². The van der Waals surface area contributed by atoms with Gasteiger partial charge in [-0.15, -0.1) is 0 Å². The number of ether oxygens (including phenoxy) is 2. The summed E-state index contributed by atoms with van der Waals surface area (Å²) in [6, 6.07) is -13.0. The van der Waals surface area contributed by atoms with Crippen molar-refractivity contribution in [3.05, 3.63) is 17.4 Å². The van der Waals surface area contributed by atoms with Gasteiger partial charge in [0.2, 0.25) is 65.0 Å². The molecule has 0 aromatic carbocycles. The molecule has 0 saturated carbocycles. The Morgan fingerprint density at radius 1 is 0.558 bits per heavy atom. The summed E-state index contributed by atoms with van der Waals surface area (Å²) < 4.78 is 11.2. The minimum atomic E-state index is -1.65. The summed E-state index contributed by atoms with van der Waals surface area (Å²) in [6.07, 6.45) is 2.55. The van der Waals surface area contributed by atoms with E-state index >= 15 is 14.4 Å². The third-order valence-corrected chi connectivity index (χ3v) is 18.4. The topological polar surface area (TPSA) is 320 Å². The SMILES string of the molecule is CC=CC[C@@H](C)[C@@H](O)[C@H]1C(=O)N[C@@H](CC)C(=O)N(C)CC(=O)N(C)[C@@H]([C@@H](C)OCCCC[N+]2([O-])CCOCC2)C(=O)N[C@@H](C(C)C)C(=O)N(C)[C@@H](CC(C)C)C(=O)N[C@@H](C)C(=O)N[C@H](C)C(=O)N(C)[C@@H](CC(C)C)C(=O)N(C)[C@@H](CC(C)C)C(=O)N(C)[C@@H](C(C)C)C(=O)N1C. The number of aliphatic hydroxyl groups excluding tert-OH is 1. The van der Waals surface area contributed by atoms with Crippen LogP contribution in [0, 0.1) is 40.7 Å². The number of rotatable bonds is 20. The normalized spacial score (nSPS) is 27.1. The number of allylic oxidation sites excluding steroid dienone is 2. The van der Waals surface area contributed by atoms with Crippen LogP contribution in [-0.2, 0) is 62.2 Å². The highest BCUT2D eigenvalue weighted by Gasteiger charge is 2.46. The van der Waals surface area contributed by atoms with Crippen molar-refractivity contribution < 1.29 is 72.0 Å². The lowest BCUT2D eigenvalue weighted by molar-refractivity contribution is -0.888. The number of carbonyl (C=O) groups is 11. The zero-order valence-corrected chi connectivity index (χ0v) is 61.7. The predicted octanol–water partition coefficient (Wildman–Crippen LogP) is 2.75. The second kappa shape index (κ2) is 39.2. The molecule has 95 heavy (non-hydrogen) atoms. The van der Waals surface area contributed by atoms with Crippen LogP contribution in [0.15, 0.2) is 12.2 Å². The maximum atomic E-state index is 15.2. The molecule has 544 valence electrons. The molecule has 2 rings (SSSR count). The van der Waals surface area contributed by atoms with E-state index in [0.717, 1.165) is 14.7 Å². The molecule has 2 heterocycles. The summed E-state index contributed by atoms with van der Waals surface area (Å²) in [7, 11) is 9.76. The van der Waals surface area contributed by atoms with Crippen LogP contribution in [0.4, 0.5) is 0 Å². The molecule has 0 aliphatic carbocycles. The van der Waals surface area contributed by atoms with Crippen LogP contribution >= 0.6 is 0 Å². The molecule has 0 spiro atoms. The van der Waals surface area contributed by atoms with Gasteiger partial charge >= 0.3 is 0 Å². The maximum Gasteiger partial charge on any atom is 0.246 e. The number of hydrogen-bond acceptors (Lipinski definition) is 15. The van der Waals surface area contributed by atoms with Crippen LogP contribution in [0.1, 0.15) is 156 Å². The lowest BCUT2D eigenvalue weighted by Gasteiger charge is -2.45. The summed E-state index contributed by atoms with van der Waals surface area (Å²) in [5, 5.41) is 36.4. The molecule has 0 radical (unpaired) electrons. The van der Waals surface area contributed by atoms with Crippen molar-refractivity contribution in [1.29, 1.82) is 0 Å². The number of amides is 11. The van der Waals surface area contributed by atoms with Gasteiger partial charge in [-0.25, -0.2) is 0 Å². The summed E-state index contributed by atoms with van der Waals surface area (Å²) in [5.41, 5.74) is 0. The molecule has 2 fully saturated rings. The maximum absolute atomic E-state index is 15.2. The Bertz CT molecular complexity index is 2600. The van der Waals surface area contributed by atoms with Crippen LogP contribution in [0.2, 0.25) is 0 Å². The minimum Gasteiger partial charge on any atom is -0.633 e. The van der Waals surface area contributed by atoms with Crippen LogP contribution in [0.25, 0.3) is 0 Å². The first-order chi connectivity index (χ1) is 44.1. The fourth-order valence-corrected chi connectivity index (χ4v) is 12.2. The third kappa shape index (κ3) is 24.3. The van der Waals surface area contributed by atoms with Crippen LogP contribution in [-0.4, -0.2) is 277 Å². The number of carbonyl (C=O) groups excluding carboxylic acids is 11. The molecule has 2 aliphatic heterocycles. The summed E-state index contributed by atoms with van der Waals surface area (Å²) in [4.78, 5) is 171. The van der Waals surface area contributed by atoms with E-state index in [1.165, 1.54) is 82.8 Å². The van der Waals surface area contributed by atoms with Gasteiger partial charge in [0.05, 0.1) is 38.5 Å². The van der Waals surface area contributed by atoms with E-state index in [0.29, 0.717) is 45.7 Å². The van der Waals surface area contributed by atoms with Gasteiger partial charge < -0.3 is 80.0 Å². The molecular formula is C68H122N12O15. The molecule has 0 aromatic heterocycles. The largest absolute Gasteiger partial charge is 0.633 e. The fourth-order valence-electron chi connectivity index (χ4n) is 12.2. The Morgan fingerprint density at radius 3 is 1.55 bits per heavy atom. The summed E-state index contributed by atoms with van der Waals surface area (Å²) in [5.74, 6) is -10.3. The quantitative estimate of drug-likeness (QED) is 0.0507. The van der Waals surface area contributed by atoms with E-state index in [9.17, 15) is 48.7 Å². The third-order valence-electron chi connectivity index (χ3n) is 18.4. The number of nitrogens with one attached hydrogen (secondary N) is 4. The molecule has 0 unspecified atom stereocenters. The van der Waals surface area contributed by atoms with E-state index in [-0.39, 0.29) is 56.5 Å². The Morgan fingerprint density at radius 2 is 1.04 bits per heavy atom. The van der Waals surface area contributed by atoms with Gasteiger partial charge in [0.1, 0.15) is 73.5 Å². The zero-order valence-electron chi connectivity index (χ0n) is 61.7. The summed E-state index contributed by atoms with van der Waals surface area (Å²) in [6.45, 7) is 28.7. The van der Waals surface area contributed by atoms with Gasteiger partial charge in [0.15, 0.2) is 0 Å². The van der Waals surface area contributed by atoms with Gasteiger partial charge in [-0.05, 0) is 108 Å². The lowest BCUT2D eigenvalue weighted by atomic mass is 9.91. The van der Waals surface area contributed by atoms with Crippen molar-refractivity contribution >= 4 is 65.0 Å². The van der Waals surface area contributed by atoms with Crippen LogP contribution < -0.4 is 21.3 Å². The molecule has 27 heteroatoms. The number of hydroxylamine groups is 3. The molecule has 2 saturated heterocycles. The molecule has 13 atom stereocenters. The highest BCUT2D eigenvalue weighted by Crippen LogP contribution is 2.26. The van der Waals surface area contributed by atoms with Crippen molar-refractivity contribution in [2.75, 3.05) is 95.3 Å². The number of morpholine rings is 1. The first-order valence-corrected chi connectivity index (χ1v) is 34.2. The van der Waals surface area contributed by atoms with Crippen molar-refractivity contribution in [3.63, 3.8) is 0 Å². The number of nitrogens with zero attached hydrogens (tertiary/aromatic N) is 8. The van der Waals surface area contributed by atoms with E-state index in [1.54, 1.807) is 67.5 Å². The van der Waals surface area contributed by atoms with E-state index < -0.39 is 167 Å². The second-order valence-corrected chi connectivity index (χ2v) is 28.5. The Hall–Kier alpha value is -6.29. The number of hydrogen-bond donors (Lipinski definition) is 5. The summed E-state index contributed by atoms with van der Waals surface area (Å²) >= 11 is 0. The molecule has 11 amide bonds. The first kappa shape index (κ1) is 84.8. The van der Waals surface area contributed by atoms with E-state index in [1.807, 2.05) is 41.5 Å². The highest BCUT2D eigenvalue weighted by molar-refractivity contribution is 5.99. The Balaban J connectivity index is 2.98. The van der Waals surface area contributed by atoms with Crippen molar-refractivity contribution in [1.82, 2.24) is 55.6 Å². The average Bonchev–Trinajstić information content (AvgIpc) is 0.817. The Labute approximate surface area is 567 Å². The van der Waals surface area contributed by atoms with Gasteiger partial charge in [0.25, 0.3) is 0 Å². The molecule has 27 nitrogen and oxygen atoms in total. The number of likely N-dealkylation sites (N-methyl/N-ethyl adjacent to an activating group) is 7. The van der Waals surface area contributed by atoms with E-state index in [4.69, 9.17) is 9.47 Å². The van der Waals surface area contributed by atoms with Crippen LogP contribution in [0.5, 0.6) is 0 Å². The average molecular weight is 1350 g/mol.